The van der Waals surface area contributed by atoms with Crippen LogP contribution in [0, 0.1) is 0 Å². The Morgan fingerprint density at radius 1 is 0.711 bits per heavy atom. The van der Waals surface area contributed by atoms with Gasteiger partial charge in [0.25, 0.3) is 0 Å². The number of carbonyl (C=O) groups is 1. The van der Waals surface area contributed by atoms with Gasteiger partial charge in [0.1, 0.15) is 5.75 Å². The third kappa shape index (κ3) is 4.22. The predicted molar refractivity (Wildman–Crippen MR) is 154 cm³/mol. The number of benzene rings is 4. The maximum Gasteiger partial charge on any atom is 0.341 e. The number of rotatable bonds is 8. The van der Waals surface area contributed by atoms with E-state index < -0.39 is 5.72 Å². The fourth-order valence-electron chi connectivity index (χ4n) is 5.09. The molecule has 0 N–H and O–H groups in total. The molecule has 0 bridgehead atoms. The normalized spacial score (nSPS) is 16.0. The molecule has 4 aromatic rings. The molecule has 38 heavy (non-hydrogen) atoms. The van der Waals surface area contributed by atoms with Crippen molar-refractivity contribution in [1.82, 2.24) is 0 Å². The third-order valence-corrected chi connectivity index (χ3v) is 6.83. The molecule has 5 rings (SSSR count). The van der Waals surface area contributed by atoms with E-state index in [1.807, 2.05) is 114 Å². The van der Waals surface area contributed by atoms with Crippen molar-refractivity contribution in [2.45, 2.75) is 12.6 Å². The molecule has 0 amide bonds. The Kier molecular flexibility index (Phi) is 6.72. The summed E-state index contributed by atoms with van der Waals surface area (Å²) in [5.74, 6) is 0.431. The van der Waals surface area contributed by atoms with Crippen LogP contribution in [0.5, 0.6) is 5.75 Å². The summed E-state index contributed by atoms with van der Waals surface area (Å²) in [6.07, 6.45) is 0. The van der Waals surface area contributed by atoms with Crippen LogP contribution in [-0.2, 0) is 10.5 Å². The van der Waals surface area contributed by atoms with Crippen molar-refractivity contribution < 1.29 is 14.3 Å². The lowest BCUT2D eigenvalue weighted by Crippen LogP contribution is -2.46. The van der Waals surface area contributed by atoms with Gasteiger partial charge in [0.05, 0.1) is 12.2 Å². The van der Waals surface area contributed by atoms with E-state index in [-0.39, 0.29) is 5.97 Å². The first kappa shape index (κ1) is 25.2. The molecule has 0 saturated carbocycles. The highest BCUT2D eigenvalue weighted by molar-refractivity contribution is 5.97. The van der Waals surface area contributed by atoms with Crippen LogP contribution in [0.4, 0.5) is 22.7 Å². The second-order valence-electron chi connectivity index (χ2n) is 9.67. The number of carbonyl (C=O) groups excluding carboxylic acids is 1. The molecular weight excluding hydrogens is 474 g/mol. The highest BCUT2D eigenvalue weighted by atomic mass is 16.6. The molecule has 0 aliphatic carbocycles. The number of hydrogen-bond donors (Lipinski definition) is 0. The van der Waals surface area contributed by atoms with Gasteiger partial charge >= 0.3 is 5.97 Å². The van der Waals surface area contributed by atoms with Gasteiger partial charge in [-0.05, 0) is 67.6 Å². The molecule has 0 radical (unpaired) electrons. The Labute approximate surface area is 224 Å². The molecule has 4 aromatic carbocycles. The van der Waals surface area contributed by atoms with E-state index in [2.05, 4.69) is 32.9 Å². The summed E-state index contributed by atoms with van der Waals surface area (Å²) >= 11 is 0. The SMILES string of the molecule is CCOc1ccc(N(c2ccccc2)C2(c3ccc(N(C)C)cc3N(C)C)OC(=O)c3ccccc32)cc1. The molecule has 1 aliphatic rings. The maximum absolute atomic E-state index is 13.5. The van der Waals surface area contributed by atoms with Crippen LogP contribution in [0.2, 0.25) is 0 Å². The largest absolute Gasteiger partial charge is 0.494 e. The van der Waals surface area contributed by atoms with Crippen molar-refractivity contribution in [2.24, 2.45) is 0 Å². The Morgan fingerprint density at radius 3 is 2.00 bits per heavy atom. The molecule has 1 atom stereocenters. The van der Waals surface area contributed by atoms with Crippen molar-refractivity contribution >= 4 is 28.7 Å². The molecule has 0 fully saturated rings. The smallest absolute Gasteiger partial charge is 0.341 e. The molecule has 6 heteroatoms. The van der Waals surface area contributed by atoms with Gasteiger partial charge < -0.3 is 19.3 Å². The van der Waals surface area contributed by atoms with Crippen LogP contribution in [0.15, 0.2) is 97.1 Å². The van der Waals surface area contributed by atoms with Gasteiger partial charge in [-0.15, -0.1) is 0 Å². The number of hydrogen-bond acceptors (Lipinski definition) is 6. The van der Waals surface area contributed by atoms with E-state index in [1.54, 1.807) is 0 Å². The van der Waals surface area contributed by atoms with Crippen molar-refractivity contribution in [2.75, 3.05) is 49.5 Å². The zero-order valence-electron chi connectivity index (χ0n) is 22.5. The van der Waals surface area contributed by atoms with Gasteiger partial charge in [-0.1, -0.05) is 36.4 Å². The lowest BCUT2D eigenvalue weighted by Gasteiger charge is -2.43. The molecule has 194 valence electrons. The van der Waals surface area contributed by atoms with E-state index in [0.29, 0.717) is 12.2 Å². The van der Waals surface area contributed by atoms with Crippen LogP contribution in [0.1, 0.15) is 28.4 Å². The first-order chi connectivity index (χ1) is 18.4. The minimum Gasteiger partial charge on any atom is -0.494 e. The van der Waals surface area contributed by atoms with E-state index in [0.717, 1.165) is 39.6 Å². The Bertz CT molecular complexity index is 1430. The van der Waals surface area contributed by atoms with E-state index >= 15 is 0 Å². The number of ether oxygens (including phenoxy) is 2. The molecule has 1 unspecified atom stereocenters. The Morgan fingerprint density at radius 2 is 1.34 bits per heavy atom. The molecular formula is C32H33N3O3. The maximum atomic E-state index is 13.5. The summed E-state index contributed by atoms with van der Waals surface area (Å²) in [5, 5.41) is 0. The first-order valence-corrected chi connectivity index (χ1v) is 12.8. The van der Waals surface area contributed by atoms with E-state index in [1.165, 1.54) is 0 Å². The van der Waals surface area contributed by atoms with Gasteiger partial charge in [-0.3, -0.25) is 4.90 Å². The molecule has 6 nitrogen and oxygen atoms in total. The summed E-state index contributed by atoms with van der Waals surface area (Å²) in [6, 6.07) is 31.9. The second kappa shape index (κ2) is 10.1. The van der Waals surface area contributed by atoms with Crippen molar-refractivity contribution in [3.8, 4) is 5.75 Å². The number of cyclic esters (lactones) is 1. The number of nitrogens with zero attached hydrogens (tertiary/aromatic N) is 3. The Hall–Kier alpha value is -4.45. The first-order valence-electron chi connectivity index (χ1n) is 12.8. The lowest BCUT2D eigenvalue weighted by atomic mass is 9.88. The molecule has 1 aliphatic heterocycles. The van der Waals surface area contributed by atoms with Gasteiger partial charge in [0, 0.05) is 62.1 Å². The Balaban J connectivity index is 1.86. The van der Waals surface area contributed by atoms with Crippen LogP contribution < -0.4 is 19.4 Å². The van der Waals surface area contributed by atoms with Crippen molar-refractivity contribution in [3.63, 3.8) is 0 Å². The predicted octanol–water partition coefficient (Wildman–Crippen LogP) is 6.43. The molecule has 1 heterocycles. The number of esters is 1. The van der Waals surface area contributed by atoms with Crippen LogP contribution in [-0.4, -0.2) is 40.8 Å². The number of para-hydroxylation sites is 1. The van der Waals surface area contributed by atoms with E-state index in [4.69, 9.17) is 9.47 Å². The standard InChI is InChI=1S/C32H33N3O3/c1-6-37-26-19-16-24(17-20-26)35(23-12-8-7-9-13-23)32(28-15-11-10-14-27(28)31(36)38-32)29-21-18-25(33(2)3)22-30(29)34(4)5/h7-22H,6H2,1-5H3. The third-order valence-electron chi connectivity index (χ3n) is 6.83. The summed E-state index contributed by atoms with van der Waals surface area (Å²) in [5.41, 5.74) is 4.72. The van der Waals surface area contributed by atoms with Crippen molar-refractivity contribution in [1.29, 1.82) is 0 Å². The topological polar surface area (TPSA) is 45.2 Å². The fraction of sp³-hybridized carbons (Fsp3) is 0.219. The molecule has 0 spiro atoms. The summed E-state index contributed by atoms with van der Waals surface area (Å²) < 4.78 is 12.3. The second-order valence-corrected chi connectivity index (χ2v) is 9.67. The summed E-state index contributed by atoms with van der Waals surface area (Å²) in [4.78, 5) is 19.8. The lowest BCUT2D eigenvalue weighted by molar-refractivity contribution is 0.0135. The molecule has 0 saturated heterocycles. The zero-order valence-corrected chi connectivity index (χ0v) is 22.5. The van der Waals surface area contributed by atoms with Gasteiger partial charge in [0.2, 0.25) is 5.72 Å². The average molecular weight is 508 g/mol. The zero-order chi connectivity index (χ0) is 26.9. The van der Waals surface area contributed by atoms with Gasteiger partial charge in [-0.25, -0.2) is 4.79 Å². The molecule has 0 aromatic heterocycles. The highest BCUT2D eigenvalue weighted by Crippen LogP contribution is 2.52. The average Bonchev–Trinajstić information content (AvgIpc) is 3.23. The summed E-state index contributed by atoms with van der Waals surface area (Å²) in [7, 11) is 8.06. The van der Waals surface area contributed by atoms with Crippen LogP contribution in [0.3, 0.4) is 0 Å². The number of anilines is 4. The quantitative estimate of drug-likeness (QED) is 0.256. The summed E-state index contributed by atoms with van der Waals surface area (Å²) in [6.45, 7) is 2.55. The van der Waals surface area contributed by atoms with Crippen LogP contribution in [0.25, 0.3) is 0 Å². The van der Waals surface area contributed by atoms with E-state index in [9.17, 15) is 4.79 Å². The number of fused-ring (bicyclic) bond motifs is 1. The fourth-order valence-corrected chi connectivity index (χ4v) is 5.09. The minimum atomic E-state index is -1.26. The highest BCUT2D eigenvalue weighted by Gasteiger charge is 2.53. The van der Waals surface area contributed by atoms with Crippen LogP contribution >= 0.6 is 0 Å². The monoisotopic (exact) mass is 507 g/mol. The van der Waals surface area contributed by atoms with Crippen molar-refractivity contribution in [3.05, 3.63) is 114 Å². The van der Waals surface area contributed by atoms with Gasteiger partial charge in [0.15, 0.2) is 0 Å². The van der Waals surface area contributed by atoms with Gasteiger partial charge in [-0.2, -0.15) is 0 Å². The minimum absolute atomic E-state index is 0.353.